The van der Waals surface area contributed by atoms with Crippen LogP contribution in [0.25, 0.3) is 0 Å². The third-order valence-electron chi connectivity index (χ3n) is 2.06. The van der Waals surface area contributed by atoms with Crippen LogP contribution in [-0.4, -0.2) is 32.1 Å². The molecule has 0 unspecified atom stereocenters. The molecule has 1 rings (SSSR count). The molecule has 0 aromatic heterocycles. The summed E-state index contributed by atoms with van der Waals surface area (Å²) in [5, 5.41) is 3.16. The number of nitrogens with one attached hydrogen (secondary N) is 1. The maximum atomic E-state index is 13.2. The lowest BCUT2D eigenvalue weighted by atomic mass is 10.3. The van der Waals surface area contributed by atoms with Gasteiger partial charge >= 0.3 is 0 Å². The highest BCUT2D eigenvalue weighted by atomic mass is 32.2. The highest BCUT2D eigenvalue weighted by Crippen LogP contribution is 2.21. The minimum absolute atomic E-state index is 0.358. The van der Waals surface area contributed by atoms with E-state index in [0.29, 0.717) is 23.9 Å². The molecule has 1 aromatic carbocycles. The van der Waals surface area contributed by atoms with Crippen molar-refractivity contribution in [3.63, 3.8) is 0 Å². The van der Waals surface area contributed by atoms with E-state index in [4.69, 9.17) is 4.74 Å². The Morgan fingerprint density at radius 1 is 1.29 bits per heavy atom. The first-order valence-electron chi connectivity index (χ1n) is 5.60. The van der Waals surface area contributed by atoms with E-state index in [2.05, 4.69) is 5.32 Å². The molecule has 0 saturated carbocycles. The molecule has 0 aliphatic heterocycles. The third-order valence-corrected chi connectivity index (χ3v) is 3.09. The van der Waals surface area contributed by atoms with Gasteiger partial charge in [0.2, 0.25) is 0 Å². The van der Waals surface area contributed by atoms with Gasteiger partial charge in [-0.3, -0.25) is 0 Å². The molecule has 96 valence electrons. The maximum absolute atomic E-state index is 13.2. The van der Waals surface area contributed by atoms with E-state index < -0.39 is 5.82 Å². The lowest BCUT2D eigenvalue weighted by Crippen LogP contribution is -2.22. The molecule has 0 fully saturated rings. The summed E-state index contributed by atoms with van der Waals surface area (Å²) in [4.78, 5) is 0.358. The molecule has 0 saturated heterocycles. The minimum atomic E-state index is -0.404. The summed E-state index contributed by atoms with van der Waals surface area (Å²) in [6.45, 7) is 4.86. The van der Waals surface area contributed by atoms with Gasteiger partial charge in [-0.2, -0.15) is 0 Å². The van der Waals surface area contributed by atoms with Gasteiger partial charge in [-0.15, -0.1) is 11.8 Å². The first-order valence-corrected chi connectivity index (χ1v) is 6.59. The zero-order chi connectivity index (χ0) is 12.5. The SMILES string of the molecule is CCOCCNCCSc1cc(F)ccc1F. The lowest BCUT2D eigenvalue weighted by Gasteiger charge is -2.05. The van der Waals surface area contributed by atoms with Gasteiger partial charge in [0.1, 0.15) is 11.6 Å². The normalized spacial score (nSPS) is 10.8. The second-order valence-corrected chi connectivity index (χ2v) is 4.51. The van der Waals surface area contributed by atoms with Crippen molar-refractivity contribution in [2.75, 3.05) is 32.1 Å². The van der Waals surface area contributed by atoms with Crippen LogP contribution in [0.5, 0.6) is 0 Å². The molecule has 0 atom stereocenters. The van der Waals surface area contributed by atoms with Gasteiger partial charge in [0, 0.05) is 30.3 Å². The van der Waals surface area contributed by atoms with Crippen LogP contribution in [0.15, 0.2) is 23.1 Å². The van der Waals surface area contributed by atoms with E-state index in [1.807, 2.05) is 6.92 Å². The standard InChI is InChI=1S/C12H17F2NOS/c1-2-16-7-5-15-6-8-17-12-9-10(13)3-4-11(12)14/h3-4,9,15H,2,5-8H2,1H3. The van der Waals surface area contributed by atoms with Gasteiger partial charge in [0.25, 0.3) is 0 Å². The average molecular weight is 261 g/mol. The van der Waals surface area contributed by atoms with Crippen LogP contribution in [0.1, 0.15) is 6.92 Å². The predicted octanol–water partition coefficient (Wildman–Crippen LogP) is 2.68. The predicted molar refractivity (Wildman–Crippen MR) is 66.4 cm³/mol. The molecule has 2 nitrogen and oxygen atoms in total. The second kappa shape index (κ2) is 8.44. The van der Waals surface area contributed by atoms with Crippen molar-refractivity contribution >= 4 is 11.8 Å². The maximum Gasteiger partial charge on any atom is 0.136 e. The van der Waals surface area contributed by atoms with Crippen LogP contribution >= 0.6 is 11.8 Å². The van der Waals surface area contributed by atoms with Gasteiger partial charge < -0.3 is 10.1 Å². The van der Waals surface area contributed by atoms with Gasteiger partial charge in [0.05, 0.1) is 6.61 Å². The highest BCUT2D eigenvalue weighted by molar-refractivity contribution is 7.99. The Labute approximate surface area is 105 Å². The first kappa shape index (κ1) is 14.4. The minimum Gasteiger partial charge on any atom is -0.380 e. The molecule has 0 radical (unpaired) electrons. The first-order chi connectivity index (χ1) is 8.24. The molecule has 0 bridgehead atoms. The Kier molecular flexibility index (Phi) is 7.16. The van der Waals surface area contributed by atoms with Crippen LogP contribution in [0, 0.1) is 11.6 Å². The summed E-state index contributed by atoms with van der Waals surface area (Å²) in [7, 11) is 0. The highest BCUT2D eigenvalue weighted by Gasteiger charge is 2.03. The molecule has 0 aliphatic rings. The Morgan fingerprint density at radius 3 is 2.88 bits per heavy atom. The monoisotopic (exact) mass is 261 g/mol. The summed E-state index contributed by atoms with van der Waals surface area (Å²) in [6.07, 6.45) is 0. The van der Waals surface area contributed by atoms with Crippen molar-refractivity contribution in [2.24, 2.45) is 0 Å². The zero-order valence-electron chi connectivity index (χ0n) is 9.84. The third kappa shape index (κ3) is 6.00. The Bertz CT molecular complexity index is 336. The smallest absolute Gasteiger partial charge is 0.136 e. The molecule has 5 heteroatoms. The van der Waals surface area contributed by atoms with Crippen molar-refractivity contribution in [1.82, 2.24) is 5.32 Å². The molecule has 1 N–H and O–H groups in total. The van der Waals surface area contributed by atoms with Gasteiger partial charge in [-0.1, -0.05) is 0 Å². The van der Waals surface area contributed by atoms with Crippen molar-refractivity contribution in [1.29, 1.82) is 0 Å². The van der Waals surface area contributed by atoms with E-state index in [-0.39, 0.29) is 5.82 Å². The Hall–Kier alpha value is -0.650. The second-order valence-electron chi connectivity index (χ2n) is 3.37. The van der Waals surface area contributed by atoms with E-state index in [0.717, 1.165) is 25.2 Å². The van der Waals surface area contributed by atoms with Crippen LogP contribution < -0.4 is 5.32 Å². The topological polar surface area (TPSA) is 21.3 Å². The van der Waals surface area contributed by atoms with E-state index in [1.54, 1.807) is 0 Å². The van der Waals surface area contributed by atoms with E-state index in [9.17, 15) is 8.78 Å². The quantitative estimate of drug-likeness (QED) is 0.574. The summed E-state index contributed by atoms with van der Waals surface area (Å²) in [5.41, 5.74) is 0. The number of ether oxygens (including phenoxy) is 1. The van der Waals surface area contributed by atoms with Gasteiger partial charge in [-0.05, 0) is 25.1 Å². The largest absolute Gasteiger partial charge is 0.380 e. The molecule has 0 aliphatic carbocycles. The number of thioether (sulfide) groups is 1. The zero-order valence-corrected chi connectivity index (χ0v) is 10.7. The molecular formula is C12H17F2NOS. The number of hydrogen-bond acceptors (Lipinski definition) is 3. The van der Waals surface area contributed by atoms with Gasteiger partial charge in [0.15, 0.2) is 0 Å². The summed E-state index contributed by atoms with van der Waals surface area (Å²) in [6, 6.07) is 3.50. The number of halogens is 2. The fourth-order valence-corrected chi connectivity index (χ4v) is 2.10. The number of rotatable bonds is 8. The molecule has 0 amide bonds. The molecule has 0 heterocycles. The van der Waals surface area contributed by atoms with Crippen molar-refractivity contribution in [3.8, 4) is 0 Å². The molecule has 17 heavy (non-hydrogen) atoms. The Balaban J connectivity index is 2.15. The molecule has 0 spiro atoms. The summed E-state index contributed by atoms with van der Waals surface area (Å²) >= 11 is 1.31. The Morgan fingerprint density at radius 2 is 2.12 bits per heavy atom. The van der Waals surface area contributed by atoms with Crippen LogP contribution in [0.2, 0.25) is 0 Å². The van der Waals surface area contributed by atoms with E-state index >= 15 is 0 Å². The number of hydrogen-bond donors (Lipinski definition) is 1. The fourth-order valence-electron chi connectivity index (χ4n) is 1.23. The summed E-state index contributed by atoms with van der Waals surface area (Å²) < 4.78 is 31.2. The fraction of sp³-hybridized carbons (Fsp3) is 0.500. The van der Waals surface area contributed by atoms with Crippen LogP contribution in [0.4, 0.5) is 8.78 Å². The van der Waals surface area contributed by atoms with Crippen molar-refractivity contribution in [2.45, 2.75) is 11.8 Å². The average Bonchev–Trinajstić information content (AvgIpc) is 2.32. The lowest BCUT2D eigenvalue weighted by molar-refractivity contribution is 0.150. The number of benzene rings is 1. The van der Waals surface area contributed by atoms with E-state index in [1.165, 1.54) is 17.8 Å². The molecule has 1 aromatic rings. The van der Waals surface area contributed by atoms with Crippen molar-refractivity contribution in [3.05, 3.63) is 29.8 Å². The van der Waals surface area contributed by atoms with Crippen LogP contribution in [0.3, 0.4) is 0 Å². The van der Waals surface area contributed by atoms with Gasteiger partial charge in [-0.25, -0.2) is 8.78 Å². The van der Waals surface area contributed by atoms with Crippen LogP contribution in [-0.2, 0) is 4.74 Å². The van der Waals surface area contributed by atoms with Crippen molar-refractivity contribution < 1.29 is 13.5 Å². The molecular weight excluding hydrogens is 244 g/mol. The summed E-state index contributed by atoms with van der Waals surface area (Å²) in [5.74, 6) is -0.0733.